The molecule has 0 aliphatic carbocycles. The highest BCUT2D eigenvalue weighted by atomic mass is 16.2. The van der Waals surface area contributed by atoms with Crippen LogP contribution in [0.3, 0.4) is 0 Å². The molecule has 1 amide bonds. The van der Waals surface area contributed by atoms with Crippen molar-refractivity contribution in [2.75, 3.05) is 13.1 Å². The third-order valence-corrected chi connectivity index (χ3v) is 4.16. The smallest absolute Gasteiger partial charge is 0.225 e. The van der Waals surface area contributed by atoms with E-state index in [2.05, 4.69) is 31.2 Å². The molecule has 0 spiro atoms. The van der Waals surface area contributed by atoms with E-state index in [1.165, 1.54) is 5.56 Å². The summed E-state index contributed by atoms with van der Waals surface area (Å²) in [7, 11) is 0. The van der Waals surface area contributed by atoms with Gasteiger partial charge < -0.3 is 10.6 Å². The van der Waals surface area contributed by atoms with Gasteiger partial charge in [0.15, 0.2) is 0 Å². The van der Waals surface area contributed by atoms with E-state index in [1.807, 2.05) is 11.8 Å². The Morgan fingerprint density at radius 3 is 2.70 bits per heavy atom. The second kappa shape index (κ2) is 6.89. The minimum Gasteiger partial charge on any atom is -0.341 e. The standard InChI is InChI=1S/C17H26N2O/c1-3-5-14-7-9-15(10-8-14)16(18)12-19-11-4-6-13(2)17(19)20/h7-10,13,16H,3-6,11-12,18H2,1-2H3. The van der Waals surface area contributed by atoms with Gasteiger partial charge in [-0.1, -0.05) is 44.5 Å². The molecule has 0 bridgehead atoms. The first-order chi connectivity index (χ1) is 9.61. The molecule has 2 rings (SSSR count). The van der Waals surface area contributed by atoms with Crippen LogP contribution in [0.5, 0.6) is 0 Å². The normalized spacial score (nSPS) is 21.1. The Bertz CT molecular complexity index is 441. The first-order valence-corrected chi connectivity index (χ1v) is 7.75. The van der Waals surface area contributed by atoms with Gasteiger partial charge in [-0.2, -0.15) is 0 Å². The molecule has 3 heteroatoms. The maximum absolute atomic E-state index is 12.1. The molecular formula is C17H26N2O. The summed E-state index contributed by atoms with van der Waals surface area (Å²) in [5.41, 5.74) is 8.74. The molecule has 0 radical (unpaired) electrons. The molecule has 110 valence electrons. The Kier molecular flexibility index (Phi) is 5.18. The van der Waals surface area contributed by atoms with Gasteiger partial charge in [0.1, 0.15) is 0 Å². The molecule has 0 aromatic heterocycles. The Balaban J connectivity index is 1.96. The third kappa shape index (κ3) is 3.60. The van der Waals surface area contributed by atoms with Crippen molar-refractivity contribution in [3.05, 3.63) is 35.4 Å². The first kappa shape index (κ1) is 15.0. The number of hydrogen-bond donors (Lipinski definition) is 1. The summed E-state index contributed by atoms with van der Waals surface area (Å²) in [5.74, 6) is 0.414. The maximum Gasteiger partial charge on any atom is 0.225 e. The minimum absolute atomic E-state index is 0.0834. The van der Waals surface area contributed by atoms with Gasteiger partial charge in [-0.05, 0) is 30.4 Å². The fraction of sp³-hybridized carbons (Fsp3) is 0.588. The zero-order valence-corrected chi connectivity index (χ0v) is 12.6. The van der Waals surface area contributed by atoms with Gasteiger partial charge in [-0.25, -0.2) is 0 Å². The van der Waals surface area contributed by atoms with Gasteiger partial charge in [-0.3, -0.25) is 4.79 Å². The van der Waals surface area contributed by atoms with Crippen LogP contribution in [0.1, 0.15) is 50.3 Å². The van der Waals surface area contributed by atoms with E-state index in [-0.39, 0.29) is 17.9 Å². The topological polar surface area (TPSA) is 46.3 Å². The number of carbonyl (C=O) groups is 1. The highest BCUT2D eigenvalue weighted by Gasteiger charge is 2.26. The number of aryl methyl sites for hydroxylation is 1. The lowest BCUT2D eigenvalue weighted by Crippen LogP contribution is -2.43. The van der Waals surface area contributed by atoms with Gasteiger partial charge in [0, 0.05) is 25.0 Å². The van der Waals surface area contributed by atoms with Crippen molar-refractivity contribution in [3.63, 3.8) is 0 Å². The van der Waals surface area contributed by atoms with Crippen molar-refractivity contribution >= 4 is 5.91 Å². The number of nitrogens with zero attached hydrogens (tertiary/aromatic N) is 1. The number of rotatable bonds is 5. The average molecular weight is 274 g/mol. The van der Waals surface area contributed by atoms with Crippen LogP contribution in [0.2, 0.25) is 0 Å². The van der Waals surface area contributed by atoms with Crippen LogP contribution in [0.25, 0.3) is 0 Å². The van der Waals surface area contributed by atoms with Crippen LogP contribution in [0.15, 0.2) is 24.3 Å². The Labute approximate surface area is 122 Å². The van der Waals surface area contributed by atoms with Crippen LogP contribution in [-0.2, 0) is 11.2 Å². The van der Waals surface area contributed by atoms with Gasteiger partial charge in [0.25, 0.3) is 0 Å². The molecule has 1 aliphatic rings. The Morgan fingerprint density at radius 2 is 2.05 bits per heavy atom. The summed E-state index contributed by atoms with van der Waals surface area (Å²) >= 11 is 0. The molecule has 1 aromatic rings. The Morgan fingerprint density at radius 1 is 1.35 bits per heavy atom. The molecule has 1 saturated heterocycles. The van der Waals surface area contributed by atoms with E-state index in [1.54, 1.807) is 0 Å². The molecule has 20 heavy (non-hydrogen) atoms. The number of nitrogens with two attached hydrogens (primary N) is 1. The molecular weight excluding hydrogens is 248 g/mol. The SMILES string of the molecule is CCCc1ccc(C(N)CN2CCCC(C)C2=O)cc1. The molecule has 3 nitrogen and oxygen atoms in total. The minimum atomic E-state index is -0.0834. The molecule has 2 atom stereocenters. The van der Waals surface area contributed by atoms with Crippen molar-refractivity contribution in [2.24, 2.45) is 11.7 Å². The van der Waals surface area contributed by atoms with Crippen LogP contribution in [0, 0.1) is 5.92 Å². The summed E-state index contributed by atoms with van der Waals surface area (Å²) < 4.78 is 0. The summed E-state index contributed by atoms with van der Waals surface area (Å²) in [6.45, 7) is 5.68. The van der Waals surface area contributed by atoms with E-state index in [0.29, 0.717) is 6.54 Å². The summed E-state index contributed by atoms with van der Waals surface area (Å²) in [4.78, 5) is 14.0. The summed E-state index contributed by atoms with van der Waals surface area (Å²) in [6, 6.07) is 8.43. The van der Waals surface area contributed by atoms with Gasteiger partial charge in [0.2, 0.25) is 5.91 Å². The zero-order chi connectivity index (χ0) is 14.5. The number of likely N-dealkylation sites (tertiary alicyclic amines) is 1. The predicted octanol–water partition coefficient (Wildman–Crippen LogP) is 2.90. The van der Waals surface area contributed by atoms with Crippen molar-refractivity contribution in [3.8, 4) is 0 Å². The predicted molar refractivity (Wildman–Crippen MR) is 82.3 cm³/mol. The number of hydrogen-bond acceptors (Lipinski definition) is 2. The first-order valence-electron chi connectivity index (χ1n) is 7.75. The lowest BCUT2D eigenvalue weighted by Gasteiger charge is -2.32. The zero-order valence-electron chi connectivity index (χ0n) is 12.6. The van der Waals surface area contributed by atoms with Crippen molar-refractivity contribution in [1.29, 1.82) is 0 Å². The lowest BCUT2D eigenvalue weighted by atomic mass is 9.97. The molecule has 0 saturated carbocycles. The van der Waals surface area contributed by atoms with Gasteiger partial charge in [0.05, 0.1) is 0 Å². The fourth-order valence-corrected chi connectivity index (χ4v) is 2.88. The molecule has 1 aliphatic heterocycles. The second-order valence-electron chi connectivity index (χ2n) is 5.93. The Hall–Kier alpha value is -1.35. The van der Waals surface area contributed by atoms with E-state index >= 15 is 0 Å². The summed E-state index contributed by atoms with van der Waals surface area (Å²) in [6.07, 6.45) is 4.37. The fourth-order valence-electron chi connectivity index (χ4n) is 2.88. The second-order valence-corrected chi connectivity index (χ2v) is 5.93. The molecule has 2 N–H and O–H groups in total. The molecule has 1 aromatic carbocycles. The number of benzene rings is 1. The number of carbonyl (C=O) groups excluding carboxylic acids is 1. The van der Waals surface area contributed by atoms with Crippen LogP contribution < -0.4 is 5.73 Å². The van der Waals surface area contributed by atoms with Crippen molar-refractivity contribution < 1.29 is 4.79 Å². The van der Waals surface area contributed by atoms with E-state index in [9.17, 15) is 4.79 Å². The highest BCUT2D eigenvalue weighted by Crippen LogP contribution is 2.20. The maximum atomic E-state index is 12.1. The molecule has 2 unspecified atom stereocenters. The number of amides is 1. The third-order valence-electron chi connectivity index (χ3n) is 4.16. The van der Waals surface area contributed by atoms with Crippen LogP contribution >= 0.6 is 0 Å². The highest BCUT2D eigenvalue weighted by molar-refractivity contribution is 5.79. The monoisotopic (exact) mass is 274 g/mol. The number of piperidine rings is 1. The summed E-state index contributed by atoms with van der Waals surface area (Å²) in [5, 5.41) is 0. The molecule has 1 fully saturated rings. The van der Waals surface area contributed by atoms with E-state index in [4.69, 9.17) is 5.73 Å². The quantitative estimate of drug-likeness (QED) is 0.897. The average Bonchev–Trinajstić information content (AvgIpc) is 2.45. The van der Waals surface area contributed by atoms with Gasteiger partial charge in [-0.15, -0.1) is 0 Å². The molecule has 1 heterocycles. The van der Waals surface area contributed by atoms with Crippen LogP contribution in [0.4, 0.5) is 0 Å². The largest absolute Gasteiger partial charge is 0.341 e. The van der Waals surface area contributed by atoms with Crippen LogP contribution in [-0.4, -0.2) is 23.9 Å². The van der Waals surface area contributed by atoms with Crippen molar-refractivity contribution in [1.82, 2.24) is 4.90 Å². The van der Waals surface area contributed by atoms with E-state index in [0.717, 1.165) is 37.8 Å². The van der Waals surface area contributed by atoms with Gasteiger partial charge >= 0.3 is 0 Å². The van der Waals surface area contributed by atoms with E-state index < -0.39 is 0 Å². The van der Waals surface area contributed by atoms with Crippen molar-refractivity contribution in [2.45, 2.75) is 45.6 Å². The lowest BCUT2D eigenvalue weighted by molar-refractivity contribution is -0.138.